The first-order valence-electron chi connectivity index (χ1n) is 6.73. The van der Waals surface area contributed by atoms with Crippen LogP contribution in [0.5, 0.6) is 5.75 Å². The monoisotopic (exact) mass is 266 g/mol. The minimum Gasteiger partial charge on any atom is -0.491 e. The highest BCUT2D eigenvalue weighted by atomic mass is 16.5. The van der Waals surface area contributed by atoms with Crippen LogP contribution in [-0.4, -0.2) is 55.9 Å². The number of aliphatic hydroxyl groups is 1. The number of aryl methyl sites for hydroxylation is 1. The maximum absolute atomic E-state index is 9.86. The first-order chi connectivity index (χ1) is 8.97. The van der Waals surface area contributed by atoms with E-state index in [0.29, 0.717) is 19.2 Å². The fourth-order valence-corrected chi connectivity index (χ4v) is 1.91. The number of hydrogen-bond acceptors (Lipinski definition) is 4. The van der Waals surface area contributed by atoms with Gasteiger partial charge in [-0.15, -0.1) is 0 Å². The van der Waals surface area contributed by atoms with Gasteiger partial charge in [0.25, 0.3) is 0 Å². The summed E-state index contributed by atoms with van der Waals surface area (Å²) in [6.07, 6.45) is -0.495. The van der Waals surface area contributed by atoms with E-state index in [1.165, 1.54) is 0 Å². The van der Waals surface area contributed by atoms with Crippen molar-refractivity contribution in [2.24, 2.45) is 0 Å². The summed E-state index contributed by atoms with van der Waals surface area (Å²) < 4.78 is 5.56. The average Bonchev–Trinajstić information content (AvgIpc) is 2.33. The van der Waals surface area contributed by atoms with Crippen LogP contribution >= 0.6 is 0 Å². The van der Waals surface area contributed by atoms with E-state index < -0.39 is 6.10 Å². The highest BCUT2D eigenvalue weighted by Gasteiger charge is 2.08. The molecule has 19 heavy (non-hydrogen) atoms. The lowest BCUT2D eigenvalue weighted by Crippen LogP contribution is -2.41. The van der Waals surface area contributed by atoms with Gasteiger partial charge in [0.2, 0.25) is 0 Å². The van der Waals surface area contributed by atoms with Crippen LogP contribution in [0, 0.1) is 6.92 Å². The Morgan fingerprint density at radius 2 is 2.11 bits per heavy atom. The van der Waals surface area contributed by atoms with Crippen molar-refractivity contribution < 1.29 is 9.84 Å². The zero-order chi connectivity index (χ0) is 14.3. The van der Waals surface area contributed by atoms with Crippen LogP contribution in [0.25, 0.3) is 0 Å². The minimum absolute atomic E-state index is 0.311. The molecule has 0 aliphatic rings. The molecule has 0 amide bonds. The lowest BCUT2D eigenvalue weighted by atomic mass is 10.2. The second-order valence-electron chi connectivity index (χ2n) is 5.35. The molecule has 1 aromatic carbocycles. The van der Waals surface area contributed by atoms with Crippen LogP contribution in [0.2, 0.25) is 0 Å². The first kappa shape index (κ1) is 16.0. The maximum atomic E-state index is 9.86. The molecule has 0 aromatic heterocycles. The molecule has 2 N–H and O–H groups in total. The summed E-state index contributed by atoms with van der Waals surface area (Å²) in [7, 11) is 4.07. The molecule has 108 valence electrons. The Balaban J connectivity index is 2.22. The minimum atomic E-state index is -0.495. The third kappa shape index (κ3) is 7.15. The van der Waals surface area contributed by atoms with Crippen LogP contribution in [0.3, 0.4) is 0 Å². The molecule has 4 nitrogen and oxygen atoms in total. The third-order valence-corrected chi connectivity index (χ3v) is 2.77. The number of nitrogens with one attached hydrogen (secondary N) is 1. The SMILES string of the molecule is Cc1cccc(OCC(O)CNC(C)CN(C)C)c1. The molecule has 1 rings (SSSR count). The molecule has 0 saturated carbocycles. The second-order valence-corrected chi connectivity index (χ2v) is 5.35. The van der Waals surface area contributed by atoms with Crippen LogP contribution in [0.1, 0.15) is 12.5 Å². The van der Waals surface area contributed by atoms with E-state index >= 15 is 0 Å². The van der Waals surface area contributed by atoms with Crippen molar-refractivity contribution in [2.75, 3.05) is 33.8 Å². The number of nitrogens with zero attached hydrogens (tertiary/aromatic N) is 1. The van der Waals surface area contributed by atoms with E-state index in [0.717, 1.165) is 17.9 Å². The Morgan fingerprint density at radius 3 is 2.74 bits per heavy atom. The number of hydrogen-bond donors (Lipinski definition) is 2. The molecular formula is C15H26N2O2. The summed E-state index contributed by atoms with van der Waals surface area (Å²) in [5.74, 6) is 0.806. The molecule has 0 heterocycles. The van der Waals surface area contributed by atoms with Crippen molar-refractivity contribution in [3.05, 3.63) is 29.8 Å². The van der Waals surface area contributed by atoms with Crippen molar-refractivity contribution in [2.45, 2.75) is 26.0 Å². The Hall–Kier alpha value is -1.10. The number of ether oxygens (including phenoxy) is 1. The Kier molecular flexibility index (Phi) is 6.84. The molecule has 0 saturated heterocycles. The molecular weight excluding hydrogens is 240 g/mol. The Labute approximate surface area is 116 Å². The number of rotatable bonds is 8. The number of benzene rings is 1. The van der Waals surface area contributed by atoms with Gasteiger partial charge >= 0.3 is 0 Å². The summed E-state index contributed by atoms with van der Waals surface area (Å²) in [5.41, 5.74) is 1.16. The molecule has 0 bridgehead atoms. The van der Waals surface area contributed by atoms with Crippen molar-refractivity contribution in [3.63, 3.8) is 0 Å². The predicted octanol–water partition coefficient (Wildman–Crippen LogP) is 1.27. The number of aliphatic hydroxyl groups excluding tert-OH is 1. The van der Waals surface area contributed by atoms with Gasteiger partial charge in [-0.25, -0.2) is 0 Å². The fraction of sp³-hybridized carbons (Fsp3) is 0.600. The van der Waals surface area contributed by atoms with Gasteiger partial charge in [-0.3, -0.25) is 0 Å². The van der Waals surface area contributed by atoms with Gasteiger partial charge in [0.15, 0.2) is 0 Å². The molecule has 0 aliphatic carbocycles. The van der Waals surface area contributed by atoms with Crippen LogP contribution < -0.4 is 10.1 Å². The smallest absolute Gasteiger partial charge is 0.119 e. The molecule has 0 spiro atoms. The normalized spacial score (nSPS) is 14.4. The van der Waals surface area contributed by atoms with Crippen LogP contribution in [0.4, 0.5) is 0 Å². The Bertz CT molecular complexity index is 369. The highest BCUT2D eigenvalue weighted by molar-refractivity contribution is 5.27. The molecule has 2 unspecified atom stereocenters. The van der Waals surface area contributed by atoms with E-state index in [2.05, 4.69) is 17.1 Å². The van der Waals surface area contributed by atoms with Gasteiger partial charge in [-0.05, 0) is 45.6 Å². The molecule has 0 fully saturated rings. The lowest BCUT2D eigenvalue weighted by molar-refractivity contribution is 0.103. The van der Waals surface area contributed by atoms with Gasteiger partial charge in [-0.1, -0.05) is 12.1 Å². The van der Waals surface area contributed by atoms with Gasteiger partial charge in [0, 0.05) is 19.1 Å². The van der Waals surface area contributed by atoms with E-state index in [1.807, 2.05) is 45.3 Å². The summed E-state index contributed by atoms with van der Waals surface area (Å²) in [6, 6.07) is 8.20. The summed E-state index contributed by atoms with van der Waals surface area (Å²) >= 11 is 0. The van der Waals surface area contributed by atoms with E-state index in [4.69, 9.17) is 4.74 Å². The van der Waals surface area contributed by atoms with Gasteiger partial charge in [0.1, 0.15) is 18.5 Å². The van der Waals surface area contributed by atoms with Crippen molar-refractivity contribution >= 4 is 0 Å². The van der Waals surface area contributed by atoms with Crippen molar-refractivity contribution in [1.29, 1.82) is 0 Å². The zero-order valence-electron chi connectivity index (χ0n) is 12.4. The van der Waals surface area contributed by atoms with Crippen LogP contribution in [-0.2, 0) is 0 Å². The molecule has 0 radical (unpaired) electrons. The molecule has 4 heteroatoms. The van der Waals surface area contributed by atoms with Crippen molar-refractivity contribution in [1.82, 2.24) is 10.2 Å². The molecule has 0 aliphatic heterocycles. The van der Waals surface area contributed by atoms with Gasteiger partial charge in [-0.2, -0.15) is 0 Å². The van der Waals surface area contributed by atoms with Crippen molar-refractivity contribution in [3.8, 4) is 5.75 Å². The molecule has 2 atom stereocenters. The predicted molar refractivity (Wildman–Crippen MR) is 78.7 cm³/mol. The maximum Gasteiger partial charge on any atom is 0.119 e. The van der Waals surface area contributed by atoms with E-state index in [9.17, 15) is 5.11 Å². The lowest BCUT2D eigenvalue weighted by Gasteiger charge is -2.20. The van der Waals surface area contributed by atoms with E-state index in [1.54, 1.807) is 0 Å². The standard InChI is InChI=1S/C15H26N2O2/c1-12-6-5-7-15(8-12)19-11-14(18)9-16-13(2)10-17(3)4/h5-8,13-14,16,18H,9-11H2,1-4H3. The summed E-state index contributed by atoms with van der Waals surface area (Å²) in [5, 5.41) is 13.2. The van der Waals surface area contributed by atoms with E-state index in [-0.39, 0.29) is 0 Å². The zero-order valence-corrected chi connectivity index (χ0v) is 12.4. The summed E-state index contributed by atoms with van der Waals surface area (Å²) in [6.45, 7) is 5.93. The molecule has 1 aromatic rings. The van der Waals surface area contributed by atoms with Crippen LogP contribution in [0.15, 0.2) is 24.3 Å². The fourth-order valence-electron chi connectivity index (χ4n) is 1.91. The quantitative estimate of drug-likeness (QED) is 0.744. The highest BCUT2D eigenvalue weighted by Crippen LogP contribution is 2.12. The van der Waals surface area contributed by atoms with Gasteiger partial charge < -0.3 is 20.1 Å². The van der Waals surface area contributed by atoms with Gasteiger partial charge in [0.05, 0.1) is 0 Å². The summed E-state index contributed by atoms with van der Waals surface area (Å²) in [4.78, 5) is 2.12. The average molecular weight is 266 g/mol. The largest absolute Gasteiger partial charge is 0.491 e. The Morgan fingerprint density at radius 1 is 1.37 bits per heavy atom. The number of likely N-dealkylation sites (N-methyl/N-ethyl adjacent to an activating group) is 1. The topological polar surface area (TPSA) is 44.7 Å². The second kappa shape index (κ2) is 8.15. The first-order valence-corrected chi connectivity index (χ1v) is 6.73. The third-order valence-electron chi connectivity index (χ3n) is 2.77.